The summed E-state index contributed by atoms with van der Waals surface area (Å²) in [5.41, 5.74) is -6.33. The lowest BCUT2D eigenvalue weighted by Crippen LogP contribution is -1.92. The maximum Gasteiger partial charge on any atom is 0.143 e. The normalized spacial score (nSPS) is 20.1. The molecule has 254 valence electrons. The molecule has 55 heavy (non-hydrogen) atoms. The first kappa shape index (κ1) is 12.7. The van der Waals surface area contributed by atoms with Gasteiger partial charge in [-0.2, -0.15) is 0 Å². The van der Waals surface area contributed by atoms with E-state index in [1.807, 2.05) is 0 Å². The van der Waals surface area contributed by atoms with E-state index in [-0.39, 0.29) is 0 Å². The van der Waals surface area contributed by atoms with Crippen molar-refractivity contribution >= 4 is 86.6 Å². The van der Waals surface area contributed by atoms with Crippen molar-refractivity contribution in [3.05, 3.63) is 193 Å². The van der Waals surface area contributed by atoms with Crippen molar-refractivity contribution in [2.45, 2.75) is 0 Å². The number of furan rings is 1. The van der Waals surface area contributed by atoms with Crippen molar-refractivity contribution < 1.29 is 48.3 Å². The molecule has 0 radical (unpaired) electrons. The van der Waals surface area contributed by atoms with Crippen molar-refractivity contribution in [2.75, 3.05) is 0 Å². The quantitative estimate of drug-likeness (QED) is 0.130. The fourth-order valence-corrected chi connectivity index (χ4v) is 7.15. The van der Waals surface area contributed by atoms with Gasteiger partial charge in [0.1, 0.15) is 11.2 Å². The summed E-state index contributed by atoms with van der Waals surface area (Å²) in [6, 6.07) is -30.8. The molecule has 1 aromatic heterocycles. The zero-order valence-corrected chi connectivity index (χ0v) is 27.4. The summed E-state index contributed by atoms with van der Waals surface area (Å²) >= 11 is 0. The van der Waals surface area contributed by atoms with Crippen LogP contribution < -0.4 is 0 Å². The lowest BCUT2D eigenvalue weighted by molar-refractivity contribution is 0.673. The SMILES string of the molecule is [2H]c1c([2H])c([2H])c2c([2H])c(-c3c([2H])c([2H])c(-c4c5c([2H])c([2H])c([2H])c([2H])c5c(-c5c([2H])c([2H])c6c(oc7c8c([2H])c([2H])c([2H])c([2H])c8c8c([2H])c([2H])c([2H])c([2H])c8c76)c5[2H])c5c([2H])c([2H])c([2H])c([2H])c45)c4c([2H])c([2H])c([2H])c([2H])c34)c([2H])c([2H])c2c1[2H]. The fraction of sp³-hybridized carbons (Fsp3) is 0. The van der Waals surface area contributed by atoms with Crippen LogP contribution in [0.2, 0.25) is 0 Å². The standard InChI is InChI=1S/C54H32O/c1-2-14-34-31-35(26-25-33(34)13-1)37-29-30-47(39-16-4-3-15-38(37)39)52-45-22-10-8-20-43(45)51(44-21-9-11-23-46(44)52)36-27-28-49-50(32-36)55-54-48-24-12-6-18-41(48)40-17-5-7-19-42(40)53(49)54/h1-32H/i1D,2D,3D,4D,5D,6D,7D,8D,9D,10D,11D,12D,13D,14D,15D,16D,17D,18D,19D,20D,21D,22D,23D,24D,25D,26D,27D,28D,29D,30D,31D,32D. The minimum absolute atomic E-state index is 0.423. The first-order valence-electron chi connectivity index (χ1n) is 32.4. The maximum atomic E-state index is 10.0. The van der Waals surface area contributed by atoms with Gasteiger partial charge in [-0.05, 0) is 111 Å². The Hall–Kier alpha value is -7.22. The van der Waals surface area contributed by atoms with Gasteiger partial charge in [-0.3, -0.25) is 0 Å². The fourth-order valence-electron chi connectivity index (χ4n) is 7.15. The van der Waals surface area contributed by atoms with Gasteiger partial charge in [0.25, 0.3) is 0 Å². The molecular formula is C54H32O. The van der Waals surface area contributed by atoms with Crippen LogP contribution in [0, 0.1) is 0 Å². The van der Waals surface area contributed by atoms with Crippen LogP contribution in [-0.4, -0.2) is 0 Å². The summed E-state index contributed by atoms with van der Waals surface area (Å²) in [5, 5.41) is -9.02. The predicted molar refractivity (Wildman–Crippen MR) is 235 cm³/mol. The van der Waals surface area contributed by atoms with Crippen LogP contribution in [0.1, 0.15) is 43.9 Å². The second kappa shape index (κ2) is 11.6. The van der Waals surface area contributed by atoms with Gasteiger partial charge in [-0.1, -0.05) is 175 Å². The Morgan fingerprint density at radius 3 is 1.49 bits per heavy atom. The summed E-state index contributed by atoms with van der Waals surface area (Å²) in [4.78, 5) is 0. The minimum Gasteiger partial charge on any atom is -0.455 e. The highest BCUT2D eigenvalue weighted by Crippen LogP contribution is 2.48. The summed E-state index contributed by atoms with van der Waals surface area (Å²) in [5.74, 6) is 0. The van der Waals surface area contributed by atoms with E-state index < -0.39 is 313 Å². The molecule has 12 rings (SSSR count). The van der Waals surface area contributed by atoms with Crippen LogP contribution in [0.5, 0.6) is 0 Å². The third-order valence-corrected chi connectivity index (χ3v) is 9.44. The average Bonchev–Trinajstić information content (AvgIpc) is 1.66. The largest absolute Gasteiger partial charge is 0.455 e. The first-order valence-corrected chi connectivity index (χ1v) is 16.4. The van der Waals surface area contributed by atoms with Crippen molar-refractivity contribution in [1.29, 1.82) is 0 Å². The minimum atomic E-state index is -1.16. The Morgan fingerprint density at radius 1 is 0.309 bits per heavy atom. The van der Waals surface area contributed by atoms with Crippen LogP contribution in [-0.2, 0) is 0 Å². The van der Waals surface area contributed by atoms with Gasteiger partial charge in [0.2, 0.25) is 0 Å². The molecule has 0 N–H and O–H groups in total. The van der Waals surface area contributed by atoms with E-state index in [1.165, 1.54) is 0 Å². The van der Waals surface area contributed by atoms with Gasteiger partial charge in [0.05, 0.1) is 43.9 Å². The Kier molecular flexibility index (Phi) is 2.68. The van der Waals surface area contributed by atoms with E-state index in [2.05, 4.69) is 0 Å². The highest BCUT2D eigenvalue weighted by Gasteiger charge is 2.21. The Balaban J connectivity index is 1.35. The average molecular weight is 729 g/mol. The van der Waals surface area contributed by atoms with Gasteiger partial charge in [-0.15, -0.1) is 0 Å². The molecule has 0 amide bonds. The second-order valence-electron chi connectivity index (χ2n) is 12.3. The number of hydrogen-bond donors (Lipinski definition) is 0. The molecule has 0 bridgehead atoms. The van der Waals surface area contributed by atoms with Crippen molar-refractivity contribution in [3.63, 3.8) is 0 Å². The predicted octanol–water partition coefficient (Wildman–Crippen LogP) is 15.5. The molecular weight excluding hydrogens is 665 g/mol. The lowest BCUT2D eigenvalue weighted by atomic mass is 9.83. The van der Waals surface area contributed by atoms with Crippen molar-refractivity contribution in [3.8, 4) is 33.4 Å². The molecule has 1 heterocycles. The smallest absolute Gasteiger partial charge is 0.143 e. The third-order valence-electron chi connectivity index (χ3n) is 9.44. The molecule has 1 nitrogen and oxygen atoms in total. The number of hydrogen-bond acceptors (Lipinski definition) is 1. The molecule has 0 saturated carbocycles. The lowest BCUT2D eigenvalue weighted by Gasteiger charge is -2.19. The Bertz CT molecular complexity index is 5330. The van der Waals surface area contributed by atoms with E-state index >= 15 is 0 Å². The van der Waals surface area contributed by atoms with Gasteiger partial charge in [0, 0.05) is 16.2 Å². The topological polar surface area (TPSA) is 13.1 Å². The molecule has 0 aliphatic rings. The summed E-state index contributed by atoms with van der Waals surface area (Å²) in [6.45, 7) is 0. The summed E-state index contributed by atoms with van der Waals surface area (Å²) in [7, 11) is 0. The molecule has 0 fully saturated rings. The van der Waals surface area contributed by atoms with E-state index in [0.29, 0.717) is 0 Å². The molecule has 0 atom stereocenters. The monoisotopic (exact) mass is 728 g/mol. The molecule has 11 aromatic carbocycles. The molecule has 12 aromatic rings. The molecule has 0 aliphatic heterocycles. The first-order chi connectivity index (χ1) is 40.6. The van der Waals surface area contributed by atoms with Crippen LogP contribution >= 0.6 is 0 Å². The summed E-state index contributed by atoms with van der Waals surface area (Å²) in [6.07, 6.45) is 0. The van der Waals surface area contributed by atoms with Crippen LogP contribution in [0.3, 0.4) is 0 Å². The van der Waals surface area contributed by atoms with Crippen LogP contribution in [0.15, 0.2) is 198 Å². The number of fused-ring (bicyclic) bond motifs is 12. The second-order valence-corrected chi connectivity index (χ2v) is 12.3. The zero-order valence-electron chi connectivity index (χ0n) is 59.4. The third kappa shape index (κ3) is 4.41. The number of benzene rings is 11. The van der Waals surface area contributed by atoms with Gasteiger partial charge in [0.15, 0.2) is 0 Å². The highest BCUT2D eigenvalue weighted by molar-refractivity contribution is 6.31. The van der Waals surface area contributed by atoms with Crippen molar-refractivity contribution in [2.24, 2.45) is 0 Å². The number of rotatable bonds is 3. The maximum absolute atomic E-state index is 10.0. The molecule has 1 heteroatoms. The summed E-state index contributed by atoms with van der Waals surface area (Å²) < 4.78 is 300. The van der Waals surface area contributed by atoms with Gasteiger partial charge >= 0.3 is 0 Å². The van der Waals surface area contributed by atoms with Crippen molar-refractivity contribution in [1.82, 2.24) is 0 Å². The van der Waals surface area contributed by atoms with E-state index in [0.717, 1.165) is 0 Å². The zero-order chi connectivity index (χ0) is 63.9. The Morgan fingerprint density at radius 2 is 0.800 bits per heavy atom. The molecule has 0 aliphatic carbocycles. The van der Waals surface area contributed by atoms with Crippen LogP contribution in [0.4, 0.5) is 0 Å². The van der Waals surface area contributed by atoms with Crippen LogP contribution in [0.25, 0.3) is 120 Å². The molecule has 0 unspecified atom stereocenters. The highest BCUT2D eigenvalue weighted by atomic mass is 16.3. The molecule has 0 saturated heterocycles. The van der Waals surface area contributed by atoms with Gasteiger partial charge in [-0.25, -0.2) is 0 Å². The van der Waals surface area contributed by atoms with E-state index in [9.17, 15) is 17.8 Å². The van der Waals surface area contributed by atoms with Gasteiger partial charge < -0.3 is 4.42 Å². The Labute approximate surface area is 362 Å². The van der Waals surface area contributed by atoms with E-state index in [1.54, 1.807) is 0 Å². The molecule has 0 spiro atoms. The van der Waals surface area contributed by atoms with E-state index in [4.69, 9.17) is 30.5 Å².